The Labute approximate surface area is 127 Å². The first-order valence-corrected chi connectivity index (χ1v) is 6.93. The van der Waals surface area contributed by atoms with Gasteiger partial charge in [0.15, 0.2) is 5.78 Å². The molecule has 1 heterocycles. The average molecular weight is 354 g/mol. The quantitative estimate of drug-likeness (QED) is 0.710. The first kappa shape index (κ1) is 15.4. The molecule has 2 rings (SSSR count). The second kappa shape index (κ2) is 6.19. The molecule has 21 heavy (non-hydrogen) atoms. The Morgan fingerprint density at radius 3 is 2.57 bits per heavy atom. The molecular formula is C14H12BrNO5. The van der Waals surface area contributed by atoms with Gasteiger partial charge in [-0.15, -0.1) is 0 Å². The van der Waals surface area contributed by atoms with Gasteiger partial charge in [0.1, 0.15) is 0 Å². The van der Waals surface area contributed by atoms with Gasteiger partial charge in [-0.1, -0.05) is 22.0 Å². The van der Waals surface area contributed by atoms with Gasteiger partial charge in [-0.25, -0.2) is 0 Å². The van der Waals surface area contributed by atoms with Crippen LogP contribution in [0.25, 0.3) is 10.9 Å². The summed E-state index contributed by atoms with van der Waals surface area (Å²) < 4.78 is 0.750. The topological polar surface area (TPSA) is 107 Å². The summed E-state index contributed by atoms with van der Waals surface area (Å²) in [6, 6.07) is 5.07. The summed E-state index contributed by atoms with van der Waals surface area (Å²) in [5.74, 6) is -1.71. The van der Waals surface area contributed by atoms with Crippen LogP contribution in [-0.4, -0.2) is 26.9 Å². The highest BCUT2D eigenvalue weighted by molar-refractivity contribution is 9.10. The first-order valence-electron chi connectivity index (χ1n) is 6.14. The van der Waals surface area contributed by atoms with Gasteiger partial charge in [-0.2, -0.15) is 0 Å². The molecule has 0 saturated carbocycles. The molecule has 0 aliphatic heterocycles. The largest absolute Gasteiger partial charge is 0.481 e. The third-order valence-electron chi connectivity index (χ3n) is 3.09. The standard InChI is InChI=1S/C14H12BrNO5/c15-7-1-2-8-9(6-17)13(11(18)3-4-12(19)20)14(21)16-10(8)5-7/h1-2,5,17H,3-4,6H2,(H,16,21)(H,19,20). The number of nitrogens with one attached hydrogen (secondary N) is 1. The van der Waals surface area contributed by atoms with Gasteiger partial charge in [0.2, 0.25) is 0 Å². The molecule has 7 heteroatoms. The van der Waals surface area contributed by atoms with Crippen LogP contribution in [0, 0.1) is 0 Å². The second-order valence-electron chi connectivity index (χ2n) is 4.47. The lowest BCUT2D eigenvalue weighted by atomic mass is 9.98. The van der Waals surface area contributed by atoms with Gasteiger partial charge in [0, 0.05) is 27.4 Å². The number of fused-ring (bicyclic) bond motifs is 1. The van der Waals surface area contributed by atoms with E-state index in [0.717, 1.165) is 4.47 Å². The molecule has 0 fully saturated rings. The summed E-state index contributed by atoms with van der Waals surface area (Å²) in [7, 11) is 0. The first-order chi connectivity index (χ1) is 9.93. The summed E-state index contributed by atoms with van der Waals surface area (Å²) >= 11 is 3.27. The predicted molar refractivity (Wildman–Crippen MR) is 79.4 cm³/mol. The van der Waals surface area contributed by atoms with E-state index < -0.39 is 23.9 Å². The number of carboxylic acids is 1. The van der Waals surface area contributed by atoms with Crippen molar-refractivity contribution < 1.29 is 19.8 Å². The molecule has 6 nitrogen and oxygen atoms in total. The van der Waals surface area contributed by atoms with E-state index in [-0.39, 0.29) is 24.0 Å². The zero-order chi connectivity index (χ0) is 15.6. The van der Waals surface area contributed by atoms with Crippen molar-refractivity contribution in [1.82, 2.24) is 4.98 Å². The number of halogens is 1. The number of carbonyl (C=O) groups is 2. The predicted octanol–water partition coefficient (Wildman–Crippen LogP) is 1.83. The highest BCUT2D eigenvalue weighted by atomic mass is 79.9. The minimum atomic E-state index is -1.12. The van der Waals surface area contributed by atoms with Crippen molar-refractivity contribution >= 4 is 38.6 Å². The number of Topliss-reactive ketones (excluding diaryl/α,β-unsaturated/α-hetero) is 1. The van der Waals surface area contributed by atoms with E-state index in [1.807, 2.05) is 0 Å². The number of aromatic amines is 1. The smallest absolute Gasteiger partial charge is 0.303 e. The number of ketones is 1. The summed E-state index contributed by atoms with van der Waals surface area (Å²) in [6.07, 6.45) is -0.644. The number of aromatic nitrogens is 1. The molecule has 0 radical (unpaired) electrons. The SMILES string of the molecule is O=C(O)CCC(=O)c1c(CO)c2ccc(Br)cc2[nH]c1=O. The second-order valence-corrected chi connectivity index (χ2v) is 5.39. The number of hydrogen-bond acceptors (Lipinski definition) is 4. The number of H-pyrrole nitrogens is 1. The summed E-state index contributed by atoms with van der Waals surface area (Å²) in [5, 5.41) is 18.7. The molecule has 1 aromatic carbocycles. The summed E-state index contributed by atoms with van der Waals surface area (Å²) in [4.78, 5) is 37.2. The zero-order valence-electron chi connectivity index (χ0n) is 10.9. The molecule has 0 atom stereocenters. The van der Waals surface area contributed by atoms with Crippen LogP contribution in [0.4, 0.5) is 0 Å². The number of aliphatic hydroxyl groups is 1. The van der Waals surface area contributed by atoms with E-state index in [1.54, 1.807) is 18.2 Å². The van der Waals surface area contributed by atoms with E-state index in [9.17, 15) is 19.5 Å². The minimum Gasteiger partial charge on any atom is -0.481 e. The number of aliphatic hydroxyl groups excluding tert-OH is 1. The lowest BCUT2D eigenvalue weighted by Crippen LogP contribution is -2.21. The molecule has 2 aromatic rings. The Hall–Kier alpha value is -1.99. The monoisotopic (exact) mass is 353 g/mol. The Kier molecular flexibility index (Phi) is 4.54. The van der Waals surface area contributed by atoms with Crippen molar-refractivity contribution in [2.45, 2.75) is 19.4 Å². The van der Waals surface area contributed by atoms with Crippen molar-refractivity contribution in [3.05, 3.63) is 44.2 Å². The zero-order valence-corrected chi connectivity index (χ0v) is 12.4. The average Bonchev–Trinajstić information content (AvgIpc) is 2.42. The minimum absolute atomic E-state index is 0.173. The van der Waals surface area contributed by atoms with Crippen molar-refractivity contribution in [1.29, 1.82) is 0 Å². The third-order valence-corrected chi connectivity index (χ3v) is 3.58. The number of carbonyl (C=O) groups excluding carboxylic acids is 1. The van der Waals surface area contributed by atoms with Crippen molar-refractivity contribution in [3.63, 3.8) is 0 Å². The van der Waals surface area contributed by atoms with Gasteiger partial charge in [-0.05, 0) is 12.1 Å². The van der Waals surface area contributed by atoms with Crippen LogP contribution < -0.4 is 5.56 Å². The number of hydrogen-bond donors (Lipinski definition) is 3. The van der Waals surface area contributed by atoms with E-state index in [2.05, 4.69) is 20.9 Å². The number of carboxylic acid groups (broad SMARTS) is 1. The van der Waals surface area contributed by atoms with E-state index in [1.165, 1.54) is 0 Å². The van der Waals surface area contributed by atoms with E-state index in [4.69, 9.17) is 5.11 Å². The van der Waals surface area contributed by atoms with E-state index >= 15 is 0 Å². The fourth-order valence-corrected chi connectivity index (χ4v) is 2.51. The Balaban J connectivity index is 2.60. The maximum Gasteiger partial charge on any atom is 0.303 e. The van der Waals surface area contributed by atoms with Crippen LogP contribution in [0.2, 0.25) is 0 Å². The van der Waals surface area contributed by atoms with Gasteiger partial charge in [0.25, 0.3) is 5.56 Å². The van der Waals surface area contributed by atoms with Gasteiger partial charge >= 0.3 is 5.97 Å². The van der Waals surface area contributed by atoms with Crippen LogP contribution in [0.1, 0.15) is 28.8 Å². The number of aliphatic carboxylic acids is 1. The fourth-order valence-electron chi connectivity index (χ4n) is 2.14. The summed E-state index contributed by atoms with van der Waals surface area (Å²) in [5.41, 5.74) is -0.0848. The normalized spacial score (nSPS) is 10.8. The van der Waals surface area contributed by atoms with Gasteiger partial charge in [0.05, 0.1) is 18.6 Å². The van der Waals surface area contributed by atoms with Crippen molar-refractivity contribution in [2.75, 3.05) is 0 Å². The van der Waals surface area contributed by atoms with Crippen LogP contribution in [0.5, 0.6) is 0 Å². The van der Waals surface area contributed by atoms with Gasteiger partial charge < -0.3 is 15.2 Å². The maximum absolute atomic E-state index is 12.1. The molecule has 0 aliphatic carbocycles. The Morgan fingerprint density at radius 2 is 1.95 bits per heavy atom. The molecular weight excluding hydrogens is 342 g/mol. The highest BCUT2D eigenvalue weighted by Gasteiger charge is 2.19. The van der Waals surface area contributed by atoms with Gasteiger partial charge in [-0.3, -0.25) is 14.4 Å². The number of benzene rings is 1. The lowest BCUT2D eigenvalue weighted by Gasteiger charge is -2.09. The highest BCUT2D eigenvalue weighted by Crippen LogP contribution is 2.23. The van der Waals surface area contributed by atoms with E-state index in [0.29, 0.717) is 10.9 Å². The molecule has 3 N–H and O–H groups in total. The van der Waals surface area contributed by atoms with Crippen LogP contribution >= 0.6 is 15.9 Å². The summed E-state index contributed by atoms with van der Waals surface area (Å²) in [6.45, 7) is -0.476. The molecule has 0 unspecified atom stereocenters. The van der Waals surface area contributed by atoms with Crippen LogP contribution in [0.3, 0.4) is 0 Å². The molecule has 0 amide bonds. The number of pyridine rings is 1. The maximum atomic E-state index is 12.1. The van der Waals surface area contributed by atoms with Crippen molar-refractivity contribution in [2.24, 2.45) is 0 Å². The molecule has 1 aromatic heterocycles. The molecule has 0 aliphatic rings. The molecule has 0 saturated heterocycles. The number of rotatable bonds is 5. The molecule has 110 valence electrons. The fraction of sp³-hybridized carbons (Fsp3) is 0.214. The Bertz CT molecular complexity index is 781. The van der Waals surface area contributed by atoms with Crippen LogP contribution in [0.15, 0.2) is 27.5 Å². The molecule has 0 bridgehead atoms. The lowest BCUT2D eigenvalue weighted by molar-refractivity contribution is -0.136. The van der Waals surface area contributed by atoms with Crippen LogP contribution in [-0.2, 0) is 11.4 Å². The Morgan fingerprint density at radius 1 is 1.24 bits per heavy atom. The van der Waals surface area contributed by atoms with Crippen molar-refractivity contribution in [3.8, 4) is 0 Å². The molecule has 0 spiro atoms. The third kappa shape index (κ3) is 3.20.